The molecule has 1 fully saturated rings. The van der Waals surface area contributed by atoms with Crippen LogP contribution in [0.4, 0.5) is 0 Å². The van der Waals surface area contributed by atoms with E-state index in [-0.39, 0.29) is 11.9 Å². The minimum Gasteiger partial charge on any atom is -0.338 e. The molecule has 1 aliphatic rings. The van der Waals surface area contributed by atoms with E-state index >= 15 is 0 Å². The van der Waals surface area contributed by atoms with Gasteiger partial charge in [-0.1, -0.05) is 11.6 Å². The number of aryl methyl sites for hydroxylation is 1. The minimum absolute atomic E-state index is 0.225. The van der Waals surface area contributed by atoms with Gasteiger partial charge in [-0.25, -0.2) is 0 Å². The summed E-state index contributed by atoms with van der Waals surface area (Å²) in [6.45, 7) is 1.45. The maximum absolute atomic E-state index is 12.0. The maximum atomic E-state index is 12.0. The van der Waals surface area contributed by atoms with Gasteiger partial charge in [0.25, 0.3) is 0 Å². The smallest absolute Gasteiger partial charge is 0.223 e. The van der Waals surface area contributed by atoms with E-state index in [2.05, 4.69) is 0 Å². The summed E-state index contributed by atoms with van der Waals surface area (Å²) in [5.74, 6) is 0.225. The highest BCUT2D eigenvalue weighted by Gasteiger charge is 2.26. The molecule has 0 aliphatic carbocycles. The fourth-order valence-corrected chi connectivity index (χ4v) is 3.34. The van der Waals surface area contributed by atoms with Gasteiger partial charge >= 0.3 is 0 Å². The first kappa shape index (κ1) is 12.9. The third-order valence-corrected chi connectivity index (χ3v) is 4.52. The van der Waals surface area contributed by atoms with Crippen LogP contribution in [0.1, 0.15) is 24.1 Å². The van der Waals surface area contributed by atoms with Crippen LogP contribution >= 0.6 is 22.9 Å². The van der Waals surface area contributed by atoms with Crippen LogP contribution in [0.3, 0.4) is 0 Å². The summed E-state index contributed by atoms with van der Waals surface area (Å²) in [5, 5.41) is 2.67. The second-order valence-corrected chi connectivity index (χ2v) is 5.78. The summed E-state index contributed by atoms with van der Waals surface area (Å²) in [5.41, 5.74) is 5.66. The number of carbonyl (C=O) groups is 1. The third-order valence-electron chi connectivity index (χ3n) is 3.18. The van der Waals surface area contributed by atoms with Crippen molar-refractivity contribution in [3.05, 3.63) is 21.3 Å². The number of carbonyl (C=O) groups excluding carboxylic acids is 1. The lowest BCUT2D eigenvalue weighted by Gasteiger charge is -2.23. The van der Waals surface area contributed by atoms with Gasteiger partial charge in [-0.15, -0.1) is 11.3 Å². The Morgan fingerprint density at radius 3 is 3.12 bits per heavy atom. The maximum Gasteiger partial charge on any atom is 0.223 e. The Balaban J connectivity index is 1.84. The molecule has 1 saturated heterocycles. The van der Waals surface area contributed by atoms with Crippen molar-refractivity contribution in [1.82, 2.24) is 4.90 Å². The summed E-state index contributed by atoms with van der Waals surface area (Å²) < 4.78 is 0. The predicted molar refractivity (Wildman–Crippen MR) is 71.4 cm³/mol. The van der Waals surface area contributed by atoms with Gasteiger partial charge in [-0.05, 0) is 25.3 Å². The van der Waals surface area contributed by atoms with Crippen LogP contribution in [0, 0.1) is 0 Å². The molecular formula is C12H17ClN2OS. The molecule has 0 saturated carbocycles. The van der Waals surface area contributed by atoms with Crippen LogP contribution < -0.4 is 5.73 Å². The zero-order valence-corrected chi connectivity index (χ0v) is 11.3. The van der Waals surface area contributed by atoms with Crippen molar-refractivity contribution in [3.8, 4) is 0 Å². The molecule has 0 aromatic carbocycles. The molecule has 0 spiro atoms. The Hall–Kier alpha value is -0.580. The van der Waals surface area contributed by atoms with E-state index in [1.54, 1.807) is 11.3 Å². The molecule has 1 aromatic heterocycles. The van der Waals surface area contributed by atoms with Crippen molar-refractivity contribution in [2.75, 3.05) is 13.1 Å². The summed E-state index contributed by atoms with van der Waals surface area (Å²) in [4.78, 5) is 15.1. The Labute approximate surface area is 111 Å². The molecule has 1 aliphatic heterocycles. The average Bonchev–Trinajstić information content (AvgIpc) is 2.94. The SMILES string of the molecule is NCC1CCCN1C(=O)CCc1cc(Cl)cs1. The molecule has 94 valence electrons. The fraction of sp³-hybridized carbons (Fsp3) is 0.583. The highest BCUT2D eigenvalue weighted by Crippen LogP contribution is 2.22. The second kappa shape index (κ2) is 5.85. The van der Waals surface area contributed by atoms with E-state index < -0.39 is 0 Å². The predicted octanol–water partition coefficient (Wildman–Crippen LogP) is 2.28. The number of hydrogen-bond acceptors (Lipinski definition) is 3. The number of nitrogens with two attached hydrogens (primary N) is 1. The van der Waals surface area contributed by atoms with Gasteiger partial charge in [0.2, 0.25) is 5.91 Å². The van der Waals surface area contributed by atoms with E-state index in [9.17, 15) is 4.79 Å². The van der Waals surface area contributed by atoms with Crippen LogP contribution in [0.5, 0.6) is 0 Å². The lowest BCUT2D eigenvalue weighted by atomic mass is 10.2. The van der Waals surface area contributed by atoms with Crippen LogP contribution in [-0.4, -0.2) is 29.9 Å². The standard InChI is InChI=1S/C12H17ClN2OS/c13-9-6-11(17-8-9)3-4-12(16)15-5-1-2-10(15)7-14/h6,8,10H,1-5,7,14H2. The largest absolute Gasteiger partial charge is 0.338 e. The van der Waals surface area contributed by atoms with Crippen molar-refractivity contribution in [3.63, 3.8) is 0 Å². The summed E-state index contributed by atoms with van der Waals surface area (Å²) in [7, 11) is 0. The highest BCUT2D eigenvalue weighted by atomic mass is 35.5. The first-order valence-corrected chi connectivity index (χ1v) is 7.19. The summed E-state index contributed by atoms with van der Waals surface area (Å²) >= 11 is 7.46. The summed E-state index contributed by atoms with van der Waals surface area (Å²) in [6, 6.07) is 2.19. The minimum atomic E-state index is 0.225. The lowest BCUT2D eigenvalue weighted by Crippen LogP contribution is -2.39. The molecular weight excluding hydrogens is 256 g/mol. The zero-order valence-electron chi connectivity index (χ0n) is 9.69. The molecule has 1 unspecified atom stereocenters. The van der Waals surface area contributed by atoms with E-state index in [1.165, 1.54) is 4.88 Å². The van der Waals surface area contributed by atoms with E-state index in [1.807, 2.05) is 16.3 Å². The molecule has 1 atom stereocenters. The number of likely N-dealkylation sites (tertiary alicyclic amines) is 1. The van der Waals surface area contributed by atoms with Crippen molar-refractivity contribution in [2.24, 2.45) is 5.73 Å². The first-order chi connectivity index (χ1) is 8.20. The molecule has 2 N–H and O–H groups in total. The van der Waals surface area contributed by atoms with Gasteiger partial charge in [0, 0.05) is 35.8 Å². The normalized spacial score (nSPS) is 19.9. The summed E-state index contributed by atoms with van der Waals surface area (Å²) in [6.07, 6.45) is 3.48. The van der Waals surface area contributed by atoms with E-state index in [4.69, 9.17) is 17.3 Å². The number of rotatable bonds is 4. The van der Waals surface area contributed by atoms with E-state index in [0.717, 1.165) is 30.8 Å². The zero-order chi connectivity index (χ0) is 12.3. The number of thiophene rings is 1. The van der Waals surface area contributed by atoms with Gasteiger partial charge in [-0.3, -0.25) is 4.79 Å². The molecule has 2 heterocycles. The fourth-order valence-electron chi connectivity index (χ4n) is 2.27. The van der Waals surface area contributed by atoms with Crippen molar-refractivity contribution >= 4 is 28.8 Å². The van der Waals surface area contributed by atoms with Crippen molar-refractivity contribution in [1.29, 1.82) is 0 Å². The molecule has 1 amide bonds. The average molecular weight is 273 g/mol. The van der Waals surface area contributed by atoms with Crippen molar-refractivity contribution < 1.29 is 4.79 Å². The molecule has 1 aromatic rings. The Morgan fingerprint density at radius 2 is 2.47 bits per heavy atom. The topological polar surface area (TPSA) is 46.3 Å². The number of halogens is 1. The van der Waals surface area contributed by atoms with Gasteiger partial charge < -0.3 is 10.6 Å². The first-order valence-electron chi connectivity index (χ1n) is 5.93. The quantitative estimate of drug-likeness (QED) is 0.914. The molecule has 17 heavy (non-hydrogen) atoms. The Kier molecular flexibility index (Phi) is 4.42. The van der Waals surface area contributed by atoms with Crippen LogP contribution in [0.15, 0.2) is 11.4 Å². The molecule has 0 radical (unpaired) electrons. The van der Waals surface area contributed by atoms with Gasteiger partial charge in [-0.2, -0.15) is 0 Å². The monoisotopic (exact) mass is 272 g/mol. The molecule has 5 heteroatoms. The third kappa shape index (κ3) is 3.21. The number of nitrogens with zero attached hydrogens (tertiary/aromatic N) is 1. The highest BCUT2D eigenvalue weighted by molar-refractivity contribution is 7.10. The number of amides is 1. The van der Waals surface area contributed by atoms with Gasteiger partial charge in [0.1, 0.15) is 0 Å². The molecule has 3 nitrogen and oxygen atoms in total. The van der Waals surface area contributed by atoms with Gasteiger partial charge in [0.15, 0.2) is 0 Å². The molecule has 0 bridgehead atoms. The number of hydrogen-bond donors (Lipinski definition) is 1. The van der Waals surface area contributed by atoms with E-state index in [0.29, 0.717) is 13.0 Å². The lowest BCUT2D eigenvalue weighted by molar-refractivity contribution is -0.131. The van der Waals surface area contributed by atoms with Crippen LogP contribution in [-0.2, 0) is 11.2 Å². The Morgan fingerprint density at radius 1 is 1.65 bits per heavy atom. The van der Waals surface area contributed by atoms with Gasteiger partial charge in [0.05, 0.1) is 5.02 Å². The Bertz CT molecular complexity index is 394. The van der Waals surface area contributed by atoms with Crippen LogP contribution in [0.25, 0.3) is 0 Å². The van der Waals surface area contributed by atoms with Crippen molar-refractivity contribution in [2.45, 2.75) is 31.7 Å². The molecule has 2 rings (SSSR count). The second-order valence-electron chi connectivity index (χ2n) is 4.35. The van der Waals surface area contributed by atoms with Crippen LogP contribution in [0.2, 0.25) is 5.02 Å².